The summed E-state index contributed by atoms with van der Waals surface area (Å²) in [6.07, 6.45) is 7.46. The molecule has 1 aliphatic rings. The van der Waals surface area contributed by atoms with E-state index in [0.717, 1.165) is 43.6 Å². The fourth-order valence-corrected chi connectivity index (χ4v) is 6.11. The molecule has 4 nitrogen and oxygen atoms in total. The number of halogens is 6. The predicted molar refractivity (Wildman–Crippen MR) is 144 cm³/mol. The van der Waals surface area contributed by atoms with Crippen molar-refractivity contribution < 1.29 is 10.2 Å². The van der Waals surface area contributed by atoms with Gasteiger partial charge in [0, 0.05) is 41.4 Å². The molecule has 0 aliphatic heterocycles. The van der Waals surface area contributed by atoms with Gasteiger partial charge in [0.1, 0.15) is 11.5 Å². The standard InChI is InChI=1S/C20H16Br6N2O2/c21-11-5-9(19(29)17(25)15(11)23)7-27-13-3-1-2-4-14(13)28-8-10-6-12(22)16(24)18(26)20(10)30/h5-8,13-14,29-30H,1-4H2/t13-,14-/m1/s1. The summed E-state index contributed by atoms with van der Waals surface area (Å²) >= 11 is 20.6. The van der Waals surface area contributed by atoms with Crippen LogP contribution in [0.3, 0.4) is 0 Å². The molecule has 1 saturated carbocycles. The van der Waals surface area contributed by atoms with E-state index < -0.39 is 0 Å². The predicted octanol–water partition coefficient (Wildman–Crippen LogP) is 8.52. The van der Waals surface area contributed by atoms with Gasteiger partial charge in [0.15, 0.2) is 0 Å². The number of aromatic hydroxyl groups is 2. The second-order valence-electron chi connectivity index (χ2n) is 6.82. The van der Waals surface area contributed by atoms with Crippen molar-refractivity contribution in [2.24, 2.45) is 9.98 Å². The first-order valence-corrected chi connectivity index (χ1v) is 13.8. The highest BCUT2D eigenvalue weighted by atomic mass is 79.9. The van der Waals surface area contributed by atoms with Crippen LogP contribution in [-0.4, -0.2) is 34.7 Å². The Hall–Kier alpha value is 0.260. The van der Waals surface area contributed by atoms with Gasteiger partial charge in [-0.05, 0) is 121 Å². The number of aliphatic imine (C=N–C) groups is 2. The molecule has 2 aromatic carbocycles. The lowest BCUT2D eigenvalue weighted by Crippen LogP contribution is -2.27. The fraction of sp³-hybridized carbons (Fsp3) is 0.300. The van der Waals surface area contributed by atoms with E-state index >= 15 is 0 Å². The quantitative estimate of drug-likeness (QED) is 0.241. The highest BCUT2D eigenvalue weighted by Gasteiger charge is 2.24. The van der Waals surface area contributed by atoms with Crippen LogP contribution in [0, 0.1) is 0 Å². The van der Waals surface area contributed by atoms with Gasteiger partial charge in [0.2, 0.25) is 0 Å². The molecule has 0 bridgehead atoms. The van der Waals surface area contributed by atoms with Gasteiger partial charge in [-0.15, -0.1) is 0 Å². The Balaban J connectivity index is 1.85. The number of rotatable bonds is 4. The largest absolute Gasteiger partial charge is 0.506 e. The molecule has 0 unspecified atom stereocenters. The molecule has 10 heteroatoms. The Morgan fingerprint density at radius 3 is 1.40 bits per heavy atom. The lowest BCUT2D eigenvalue weighted by Gasteiger charge is -2.25. The minimum Gasteiger partial charge on any atom is -0.506 e. The third kappa shape index (κ3) is 5.60. The van der Waals surface area contributed by atoms with Crippen molar-refractivity contribution in [2.75, 3.05) is 0 Å². The van der Waals surface area contributed by atoms with Crippen molar-refractivity contribution in [3.05, 3.63) is 50.1 Å². The molecule has 0 heterocycles. The maximum atomic E-state index is 10.4. The molecular formula is C20H16Br6N2O2. The third-order valence-corrected chi connectivity index (χ3v) is 11.4. The third-order valence-electron chi connectivity index (χ3n) is 4.84. The van der Waals surface area contributed by atoms with Crippen molar-refractivity contribution in [2.45, 2.75) is 37.8 Å². The number of benzene rings is 2. The van der Waals surface area contributed by atoms with Gasteiger partial charge in [0.25, 0.3) is 0 Å². The zero-order valence-corrected chi connectivity index (χ0v) is 24.9. The zero-order valence-electron chi connectivity index (χ0n) is 15.3. The van der Waals surface area contributed by atoms with Crippen LogP contribution in [0.5, 0.6) is 11.5 Å². The van der Waals surface area contributed by atoms with Crippen LogP contribution in [0.25, 0.3) is 0 Å². The SMILES string of the molecule is Oc1c(C=N[C@@H]2CCCC[C@H]2N=Cc2cc(Br)c(Br)c(Br)c2O)cc(Br)c(Br)c1Br. The molecule has 0 aromatic heterocycles. The maximum Gasteiger partial charge on any atom is 0.139 e. The molecule has 2 aromatic rings. The minimum atomic E-state index is 0.0140. The van der Waals surface area contributed by atoms with Gasteiger partial charge in [0.05, 0.1) is 21.0 Å². The highest BCUT2D eigenvalue weighted by molar-refractivity contribution is 9.15. The summed E-state index contributed by atoms with van der Waals surface area (Å²) in [4.78, 5) is 9.49. The van der Waals surface area contributed by atoms with Gasteiger partial charge in [-0.25, -0.2) is 0 Å². The van der Waals surface area contributed by atoms with Crippen molar-refractivity contribution in [1.29, 1.82) is 0 Å². The molecule has 0 spiro atoms. The van der Waals surface area contributed by atoms with E-state index in [0.29, 0.717) is 20.1 Å². The van der Waals surface area contributed by atoms with Gasteiger partial charge in [-0.2, -0.15) is 0 Å². The summed E-state index contributed by atoms with van der Waals surface area (Å²) < 4.78 is 4.33. The summed E-state index contributed by atoms with van der Waals surface area (Å²) in [5, 5.41) is 20.8. The topological polar surface area (TPSA) is 65.2 Å². The highest BCUT2D eigenvalue weighted by Crippen LogP contribution is 2.40. The van der Waals surface area contributed by atoms with Gasteiger partial charge in [-0.3, -0.25) is 9.98 Å². The zero-order chi connectivity index (χ0) is 22.0. The first-order chi connectivity index (χ1) is 14.2. The number of hydrogen-bond acceptors (Lipinski definition) is 4. The molecule has 0 radical (unpaired) electrons. The van der Waals surface area contributed by atoms with Crippen LogP contribution in [0.1, 0.15) is 36.8 Å². The molecule has 2 atom stereocenters. The van der Waals surface area contributed by atoms with Gasteiger partial charge < -0.3 is 10.2 Å². The van der Waals surface area contributed by atoms with E-state index in [-0.39, 0.29) is 23.6 Å². The summed E-state index contributed by atoms with van der Waals surface area (Å²) in [7, 11) is 0. The van der Waals surface area contributed by atoms with Crippen molar-refractivity contribution in [3.63, 3.8) is 0 Å². The maximum absolute atomic E-state index is 10.4. The molecule has 1 fully saturated rings. The Morgan fingerprint density at radius 1 is 0.667 bits per heavy atom. The van der Waals surface area contributed by atoms with Gasteiger partial charge >= 0.3 is 0 Å². The van der Waals surface area contributed by atoms with Gasteiger partial charge in [-0.1, -0.05) is 12.8 Å². The van der Waals surface area contributed by atoms with Crippen molar-refractivity contribution >= 4 is 108 Å². The second-order valence-corrected chi connectivity index (χ2v) is 11.7. The van der Waals surface area contributed by atoms with E-state index in [4.69, 9.17) is 9.98 Å². The average molecular weight is 796 g/mol. The van der Waals surface area contributed by atoms with E-state index in [9.17, 15) is 10.2 Å². The Bertz CT molecular complexity index is 944. The first kappa shape index (κ1) is 24.9. The normalized spacial score (nSPS) is 19.8. The summed E-state index contributed by atoms with van der Waals surface area (Å²) in [5.74, 6) is 0.276. The molecule has 160 valence electrons. The van der Waals surface area contributed by atoms with Crippen LogP contribution in [-0.2, 0) is 0 Å². The lowest BCUT2D eigenvalue weighted by atomic mass is 9.91. The molecule has 30 heavy (non-hydrogen) atoms. The average Bonchev–Trinajstić information content (AvgIpc) is 2.74. The van der Waals surface area contributed by atoms with Crippen molar-refractivity contribution in [1.82, 2.24) is 0 Å². The molecule has 2 N–H and O–H groups in total. The van der Waals surface area contributed by atoms with Crippen LogP contribution in [0.15, 0.2) is 49.0 Å². The van der Waals surface area contributed by atoms with Crippen LogP contribution in [0.4, 0.5) is 0 Å². The van der Waals surface area contributed by atoms with Crippen LogP contribution < -0.4 is 0 Å². The van der Waals surface area contributed by atoms with E-state index in [1.165, 1.54) is 0 Å². The Morgan fingerprint density at radius 2 is 1.03 bits per heavy atom. The number of phenols is 2. The summed E-state index contributed by atoms with van der Waals surface area (Å²) in [5.41, 5.74) is 1.26. The van der Waals surface area contributed by atoms with E-state index in [1.54, 1.807) is 12.4 Å². The Kier molecular flexibility index (Phi) is 9.06. The van der Waals surface area contributed by atoms with E-state index in [2.05, 4.69) is 95.6 Å². The molecule has 0 saturated heterocycles. The fourth-order valence-electron chi connectivity index (χ4n) is 3.20. The molecular weight excluding hydrogens is 780 g/mol. The Labute approximate surface area is 225 Å². The lowest BCUT2D eigenvalue weighted by molar-refractivity contribution is 0.390. The summed E-state index contributed by atoms with van der Waals surface area (Å²) in [6, 6.07) is 3.67. The van der Waals surface area contributed by atoms with Crippen LogP contribution in [0.2, 0.25) is 0 Å². The first-order valence-electron chi connectivity index (χ1n) is 9.00. The number of phenolic OH excluding ortho intramolecular Hbond substituents is 2. The smallest absolute Gasteiger partial charge is 0.139 e. The second kappa shape index (κ2) is 10.9. The molecule has 1 aliphatic carbocycles. The monoisotopic (exact) mass is 790 g/mol. The molecule has 0 amide bonds. The number of hydrogen-bond donors (Lipinski definition) is 2. The van der Waals surface area contributed by atoms with Crippen LogP contribution >= 0.6 is 95.6 Å². The van der Waals surface area contributed by atoms with E-state index in [1.807, 2.05) is 12.1 Å². The molecule has 3 rings (SSSR count). The number of nitrogens with zero attached hydrogens (tertiary/aromatic N) is 2. The van der Waals surface area contributed by atoms with Crippen molar-refractivity contribution in [3.8, 4) is 11.5 Å². The summed E-state index contributed by atoms with van der Waals surface area (Å²) in [6.45, 7) is 0. The minimum absolute atomic E-state index is 0.0140.